The van der Waals surface area contributed by atoms with Crippen LogP contribution in [0, 0.1) is 5.92 Å². The van der Waals surface area contributed by atoms with E-state index in [-0.39, 0.29) is 11.5 Å². The molecule has 3 nitrogen and oxygen atoms in total. The monoisotopic (exact) mass is 310 g/mol. The lowest BCUT2D eigenvalue weighted by atomic mass is 9.83. The largest absolute Gasteiger partial charge is 0.393 e. The topological polar surface area (TPSA) is 45.2 Å². The van der Waals surface area contributed by atoms with Crippen molar-refractivity contribution in [3.05, 3.63) is 16.1 Å². The summed E-state index contributed by atoms with van der Waals surface area (Å²) in [6.07, 6.45) is 6.97. The van der Waals surface area contributed by atoms with Crippen LogP contribution in [0.3, 0.4) is 0 Å². The molecule has 4 heteroatoms. The summed E-state index contributed by atoms with van der Waals surface area (Å²) in [5.74, 6) is 0.535. The van der Waals surface area contributed by atoms with E-state index in [2.05, 4.69) is 31.5 Å². The molecule has 1 aromatic rings. The standard InChI is InChI=1S/C17H30N2OS/c1-17(2,3)16-19-14(12-21-16)11-18-10-6-8-13-7-4-5-9-15(13)20/h12-13,15,18,20H,4-11H2,1-3H3. The third-order valence-electron chi connectivity index (χ3n) is 4.30. The molecule has 0 aliphatic heterocycles. The van der Waals surface area contributed by atoms with Crippen molar-refractivity contribution in [3.63, 3.8) is 0 Å². The number of nitrogens with one attached hydrogen (secondary N) is 1. The van der Waals surface area contributed by atoms with Gasteiger partial charge in [0.2, 0.25) is 0 Å². The van der Waals surface area contributed by atoms with Gasteiger partial charge in [0.1, 0.15) is 0 Å². The summed E-state index contributed by atoms with van der Waals surface area (Å²) in [7, 11) is 0. The second-order valence-corrected chi connectivity index (χ2v) is 8.18. The smallest absolute Gasteiger partial charge is 0.0982 e. The summed E-state index contributed by atoms with van der Waals surface area (Å²) in [6, 6.07) is 0. The van der Waals surface area contributed by atoms with E-state index >= 15 is 0 Å². The van der Waals surface area contributed by atoms with Crippen LogP contribution in [0.5, 0.6) is 0 Å². The van der Waals surface area contributed by atoms with Crippen molar-refractivity contribution in [1.82, 2.24) is 10.3 Å². The lowest BCUT2D eigenvalue weighted by Gasteiger charge is -2.27. The van der Waals surface area contributed by atoms with Gasteiger partial charge in [-0.05, 0) is 38.1 Å². The molecule has 0 spiro atoms. The Morgan fingerprint density at radius 3 is 2.76 bits per heavy atom. The summed E-state index contributed by atoms with van der Waals surface area (Å²) in [5, 5.41) is 16.8. The van der Waals surface area contributed by atoms with Crippen LogP contribution < -0.4 is 5.32 Å². The quantitative estimate of drug-likeness (QED) is 0.784. The van der Waals surface area contributed by atoms with Crippen LogP contribution in [0.25, 0.3) is 0 Å². The average Bonchev–Trinajstić information content (AvgIpc) is 2.89. The zero-order valence-electron chi connectivity index (χ0n) is 13.7. The summed E-state index contributed by atoms with van der Waals surface area (Å²) < 4.78 is 0. The predicted octanol–water partition coefficient (Wildman–Crippen LogP) is 3.86. The average molecular weight is 311 g/mol. The van der Waals surface area contributed by atoms with Crippen LogP contribution in [0.1, 0.15) is 70.0 Å². The second-order valence-electron chi connectivity index (χ2n) is 7.32. The van der Waals surface area contributed by atoms with E-state index in [0.717, 1.165) is 38.0 Å². The first kappa shape index (κ1) is 16.9. The van der Waals surface area contributed by atoms with Gasteiger partial charge in [-0.2, -0.15) is 0 Å². The van der Waals surface area contributed by atoms with Crippen molar-refractivity contribution in [2.24, 2.45) is 5.92 Å². The Balaban J connectivity index is 1.62. The maximum absolute atomic E-state index is 9.95. The van der Waals surface area contributed by atoms with Gasteiger partial charge in [0.15, 0.2) is 0 Å². The van der Waals surface area contributed by atoms with Crippen LogP contribution in [-0.4, -0.2) is 22.7 Å². The number of rotatable bonds is 6. The van der Waals surface area contributed by atoms with Crippen molar-refractivity contribution in [2.75, 3.05) is 6.54 Å². The highest BCUT2D eigenvalue weighted by Crippen LogP contribution is 2.28. The Hall–Kier alpha value is -0.450. The molecule has 0 radical (unpaired) electrons. The molecule has 2 atom stereocenters. The number of aliphatic hydroxyl groups is 1. The minimum atomic E-state index is -0.0494. The Labute approximate surface area is 133 Å². The van der Waals surface area contributed by atoms with Crippen LogP contribution in [0.4, 0.5) is 0 Å². The number of thiazole rings is 1. The molecule has 1 aliphatic rings. The second kappa shape index (κ2) is 7.70. The number of hydrogen-bond donors (Lipinski definition) is 2. The van der Waals surface area contributed by atoms with Crippen LogP contribution >= 0.6 is 11.3 Å². The minimum Gasteiger partial charge on any atom is -0.393 e. The molecule has 0 bridgehead atoms. The van der Waals surface area contributed by atoms with E-state index in [1.807, 2.05) is 0 Å². The molecule has 1 fully saturated rings. The normalized spacial score (nSPS) is 23.4. The predicted molar refractivity (Wildman–Crippen MR) is 89.7 cm³/mol. The summed E-state index contributed by atoms with van der Waals surface area (Å²) in [6.45, 7) is 8.50. The first-order chi connectivity index (χ1) is 9.97. The first-order valence-electron chi connectivity index (χ1n) is 8.30. The van der Waals surface area contributed by atoms with Crippen molar-refractivity contribution < 1.29 is 5.11 Å². The molecule has 1 aromatic heterocycles. The van der Waals surface area contributed by atoms with Gasteiger partial charge in [0, 0.05) is 17.3 Å². The Bertz CT molecular complexity index is 425. The van der Waals surface area contributed by atoms with E-state index in [1.54, 1.807) is 11.3 Å². The molecule has 0 saturated heterocycles. The number of aliphatic hydroxyl groups excluding tert-OH is 1. The summed E-state index contributed by atoms with van der Waals surface area (Å²) in [4.78, 5) is 4.70. The van der Waals surface area contributed by atoms with Gasteiger partial charge >= 0.3 is 0 Å². The summed E-state index contributed by atoms with van der Waals surface area (Å²) >= 11 is 1.76. The maximum Gasteiger partial charge on any atom is 0.0982 e. The molecule has 0 amide bonds. The fourth-order valence-corrected chi connectivity index (χ4v) is 3.87. The van der Waals surface area contributed by atoms with E-state index < -0.39 is 0 Å². The van der Waals surface area contributed by atoms with Crippen molar-refractivity contribution in [2.45, 2.75) is 77.4 Å². The highest BCUT2D eigenvalue weighted by Gasteiger charge is 2.22. The Kier molecular flexibility index (Phi) is 6.20. The van der Waals surface area contributed by atoms with Crippen LogP contribution in [0.2, 0.25) is 0 Å². The van der Waals surface area contributed by atoms with E-state index in [0.29, 0.717) is 5.92 Å². The minimum absolute atomic E-state index is 0.0494. The Morgan fingerprint density at radius 2 is 2.10 bits per heavy atom. The molecular weight excluding hydrogens is 280 g/mol. The SMILES string of the molecule is CC(C)(C)c1nc(CNCCCC2CCCCC2O)cs1. The zero-order valence-corrected chi connectivity index (χ0v) is 14.5. The number of aromatic nitrogens is 1. The Morgan fingerprint density at radius 1 is 1.33 bits per heavy atom. The fourth-order valence-electron chi connectivity index (χ4n) is 2.96. The van der Waals surface area contributed by atoms with Gasteiger partial charge in [-0.15, -0.1) is 11.3 Å². The maximum atomic E-state index is 9.95. The van der Waals surface area contributed by atoms with Gasteiger partial charge in [-0.25, -0.2) is 4.98 Å². The van der Waals surface area contributed by atoms with Crippen LogP contribution in [-0.2, 0) is 12.0 Å². The lowest BCUT2D eigenvalue weighted by molar-refractivity contribution is 0.0643. The van der Waals surface area contributed by atoms with Gasteiger partial charge in [-0.1, -0.05) is 33.6 Å². The van der Waals surface area contributed by atoms with Gasteiger partial charge in [-0.3, -0.25) is 0 Å². The molecule has 120 valence electrons. The van der Waals surface area contributed by atoms with Gasteiger partial charge in [0.25, 0.3) is 0 Å². The zero-order chi connectivity index (χ0) is 15.3. The molecule has 2 unspecified atom stereocenters. The molecular formula is C17H30N2OS. The molecule has 1 heterocycles. The van der Waals surface area contributed by atoms with Crippen molar-refractivity contribution in [1.29, 1.82) is 0 Å². The van der Waals surface area contributed by atoms with Crippen molar-refractivity contribution >= 4 is 11.3 Å². The number of hydrogen-bond acceptors (Lipinski definition) is 4. The first-order valence-corrected chi connectivity index (χ1v) is 9.18. The molecule has 1 aliphatic carbocycles. The lowest BCUT2D eigenvalue weighted by Crippen LogP contribution is -2.25. The highest BCUT2D eigenvalue weighted by atomic mass is 32.1. The van der Waals surface area contributed by atoms with E-state index in [4.69, 9.17) is 4.98 Å². The molecule has 0 aromatic carbocycles. The summed E-state index contributed by atoms with van der Waals surface area (Å²) in [5.41, 5.74) is 1.31. The third kappa shape index (κ3) is 5.35. The third-order valence-corrected chi connectivity index (χ3v) is 5.61. The molecule has 21 heavy (non-hydrogen) atoms. The fraction of sp³-hybridized carbons (Fsp3) is 0.824. The van der Waals surface area contributed by atoms with E-state index in [9.17, 15) is 5.11 Å². The van der Waals surface area contributed by atoms with Gasteiger partial charge in [0.05, 0.1) is 16.8 Å². The van der Waals surface area contributed by atoms with E-state index in [1.165, 1.54) is 24.3 Å². The van der Waals surface area contributed by atoms with Gasteiger partial charge < -0.3 is 10.4 Å². The number of nitrogens with zero attached hydrogens (tertiary/aromatic N) is 1. The molecule has 2 N–H and O–H groups in total. The molecule has 1 saturated carbocycles. The highest BCUT2D eigenvalue weighted by molar-refractivity contribution is 7.09. The molecule has 2 rings (SSSR count). The van der Waals surface area contributed by atoms with Crippen LogP contribution in [0.15, 0.2) is 5.38 Å². The van der Waals surface area contributed by atoms with Crippen molar-refractivity contribution in [3.8, 4) is 0 Å².